The number of rotatable bonds is 2. The SMILES string of the molecule is COc1cccc2c3cc(C(=O)O)n(C)c3n(C)c12. The average Bonchev–Trinajstić information content (AvgIpc) is 2.87. The van der Waals surface area contributed by atoms with Gasteiger partial charge in [0.05, 0.1) is 12.6 Å². The summed E-state index contributed by atoms with van der Waals surface area (Å²) < 4.78 is 9.04. The lowest BCUT2D eigenvalue weighted by atomic mass is 10.2. The topological polar surface area (TPSA) is 56.4 Å². The third kappa shape index (κ3) is 1.38. The Hall–Kier alpha value is -2.43. The van der Waals surface area contributed by atoms with Gasteiger partial charge in [-0.05, 0) is 12.1 Å². The smallest absolute Gasteiger partial charge is 0.352 e. The van der Waals surface area contributed by atoms with E-state index >= 15 is 0 Å². The second kappa shape index (κ2) is 3.78. The van der Waals surface area contributed by atoms with Crippen molar-refractivity contribution in [2.24, 2.45) is 14.1 Å². The molecule has 5 nitrogen and oxygen atoms in total. The van der Waals surface area contributed by atoms with E-state index in [-0.39, 0.29) is 5.69 Å². The van der Waals surface area contributed by atoms with Gasteiger partial charge in [0, 0.05) is 24.9 Å². The molecule has 3 aromatic rings. The standard InChI is InChI=1S/C14H14N2O3/c1-15-10(14(17)18)7-9-8-5-4-6-11(19-3)12(8)16(2)13(9)15/h4-7H,1-3H3,(H,17,18). The molecular formula is C14H14N2O3. The summed E-state index contributed by atoms with van der Waals surface area (Å²) in [7, 11) is 5.31. The summed E-state index contributed by atoms with van der Waals surface area (Å²) in [5.41, 5.74) is 2.13. The summed E-state index contributed by atoms with van der Waals surface area (Å²) >= 11 is 0. The summed E-state index contributed by atoms with van der Waals surface area (Å²) in [4.78, 5) is 11.2. The molecule has 3 rings (SSSR count). The number of aryl methyl sites for hydroxylation is 2. The van der Waals surface area contributed by atoms with E-state index in [2.05, 4.69) is 0 Å². The van der Waals surface area contributed by atoms with Gasteiger partial charge in [0.2, 0.25) is 0 Å². The fourth-order valence-corrected chi connectivity index (χ4v) is 2.76. The number of hydrogen-bond acceptors (Lipinski definition) is 2. The lowest BCUT2D eigenvalue weighted by Gasteiger charge is -2.06. The molecule has 0 radical (unpaired) electrons. The highest BCUT2D eigenvalue weighted by Crippen LogP contribution is 2.35. The number of carbonyl (C=O) groups is 1. The molecule has 0 bridgehead atoms. The number of nitrogens with zero attached hydrogens (tertiary/aromatic N) is 2. The minimum Gasteiger partial charge on any atom is -0.495 e. The minimum atomic E-state index is -0.922. The first-order valence-corrected chi connectivity index (χ1v) is 5.90. The molecule has 0 saturated carbocycles. The molecule has 1 aromatic carbocycles. The lowest BCUT2D eigenvalue weighted by Crippen LogP contribution is -2.06. The van der Waals surface area contributed by atoms with Crippen LogP contribution < -0.4 is 4.74 Å². The molecule has 0 aliphatic heterocycles. The number of carboxylic acid groups (broad SMARTS) is 1. The molecule has 5 heteroatoms. The van der Waals surface area contributed by atoms with Crippen LogP contribution in [0.2, 0.25) is 0 Å². The van der Waals surface area contributed by atoms with Crippen LogP contribution in [0.5, 0.6) is 5.75 Å². The molecule has 2 heterocycles. The van der Waals surface area contributed by atoms with Gasteiger partial charge in [0.15, 0.2) is 0 Å². The summed E-state index contributed by atoms with van der Waals surface area (Å²) in [6, 6.07) is 7.50. The maximum Gasteiger partial charge on any atom is 0.352 e. The number of methoxy groups -OCH3 is 1. The van der Waals surface area contributed by atoms with Crippen molar-refractivity contribution in [2.45, 2.75) is 0 Å². The first kappa shape index (κ1) is 11.6. The largest absolute Gasteiger partial charge is 0.495 e. The molecular weight excluding hydrogens is 244 g/mol. The van der Waals surface area contributed by atoms with Gasteiger partial charge >= 0.3 is 5.97 Å². The summed E-state index contributed by atoms with van der Waals surface area (Å²) in [6.45, 7) is 0. The molecule has 2 aromatic heterocycles. The zero-order valence-electron chi connectivity index (χ0n) is 11.0. The van der Waals surface area contributed by atoms with Crippen LogP contribution in [0.25, 0.3) is 21.9 Å². The number of fused-ring (bicyclic) bond motifs is 3. The zero-order valence-corrected chi connectivity index (χ0v) is 11.0. The zero-order chi connectivity index (χ0) is 13.7. The van der Waals surface area contributed by atoms with E-state index in [9.17, 15) is 9.90 Å². The van der Waals surface area contributed by atoms with Gasteiger partial charge in [0.1, 0.15) is 17.1 Å². The van der Waals surface area contributed by atoms with Crippen LogP contribution >= 0.6 is 0 Å². The fraction of sp³-hybridized carbons (Fsp3) is 0.214. The Morgan fingerprint density at radius 1 is 1.21 bits per heavy atom. The molecule has 0 fully saturated rings. The van der Waals surface area contributed by atoms with E-state index in [4.69, 9.17) is 4.74 Å². The van der Waals surface area contributed by atoms with Crippen molar-refractivity contribution in [3.63, 3.8) is 0 Å². The van der Waals surface area contributed by atoms with Gasteiger partial charge in [0.25, 0.3) is 0 Å². The third-order valence-corrected chi connectivity index (χ3v) is 3.58. The average molecular weight is 258 g/mol. The van der Waals surface area contributed by atoms with Crippen molar-refractivity contribution in [2.75, 3.05) is 7.11 Å². The Morgan fingerprint density at radius 2 is 1.95 bits per heavy atom. The summed E-state index contributed by atoms with van der Waals surface area (Å²) in [5, 5.41) is 11.1. The molecule has 0 atom stereocenters. The highest BCUT2D eigenvalue weighted by Gasteiger charge is 2.19. The van der Waals surface area contributed by atoms with E-state index in [0.29, 0.717) is 0 Å². The van der Waals surface area contributed by atoms with E-state index in [0.717, 1.165) is 27.7 Å². The fourth-order valence-electron chi connectivity index (χ4n) is 2.76. The van der Waals surface area contributed by atoms with Crippen LogP contribution in [-0.4, -0.2) is 27.3 Å². The van der Waals surface area contributed by atoms with Gasteiger partial charge in [-0.1, -0.05) is 12.1 Å². The molecule has 0 aliphatic rings. The molecule has 0 spiro atoms. The molecule has 0 aliphatic carbocycles. The van der Waals surface area contributed by atoms with Gasteiger partial charge in [-0.3, -0.25) is 0 Å². The number of para-hydroxylation sites is 1. The van der Waals surface area contributed by atoms with Crippen molar-refractivity contribution in [3.8, 4) is 5.75 Å². The van der Waals surface area contributed by atoms with Crippen molar-refractivity contribution in [3.05, 3.63) is 30.0 Å². The summed E-state index contributed by atoms with van der Waals surface area (Å²) in [5.74, 6) is -0.136. The molecule has 0 saturated heterocycles. The minimum absolute atomic E-state index is 0.283. The van der Waals surface area contributed by atoms with Crippen molar-refractivity contribution >= 4 is 27.9 Å². The number of benzene rings is 1. The lowest BCUT2D eigenvalue weighted by molar-refractivity contribution is 0.0687. The number of carboxylic acids is 1. The van der Waals surface area contributed by atoms with E-state index in [1.165, 1.54) is 0 Å². The van der Waals surface area contributed by atoms with Crippen LogP contribution in [0.15, 0.2) is 24.3 Å². The van der Waals surface area contributed by atoms with Gasteiger partial charge in [-0.15, -0.1) is 0 Å². The van der Waals surface area contributed by atoms with Crippen molar-refractivity contribution in [1.82, 2.24) is 9.13 Å². The van der Waals surface area contributed by atoms with Crippen LogP contribution in [0.3, 0.4) is 0 Å². The molecule has 19 heavy (non-hydrogen) atoms. The van der Waals surface area contributed by atoms with Crippen LogP contribution in [0.4, 0.5) is 0 Å². The number of aromatic carboxylic acids is 1. The Morgan fingerprint density at radius 3 is 2.58 bits per heavy atom. The Bertz CT molecular complexity index is 811. The Labute approximate surface area is 109 Å². The molecule has 0 unspecified atom stereocenters. The highest BCUT2D eigenvalue weighted by atomic mass is 16.5. The van der Waals surface area contributed by atoms with Crippen LogP contribution in [0.1, 0.15) is 10.5 Å². The molecule has 98 valence electrons. The predicted octanol–water partition coefficient (Wildman–Crippen LogP) is 2.38. The number of ether oxygens (including phenoxy) is 1. The quantitative estimate of drug-likeness (QED) is 0.767. The van der Waals surface area contributed by atoms with Crippen molar-refractivity contribution in [1.29, 1.82) is 0 Å². The first-order chi connectivity index (χ1) is 9.06. The van der Waals surface area contributed by atoms with E-state index in [1.807, 2.05) is 29.8 Å². The summed E-state index contributed by atoms with van der Waals surface area (Å²) in [6.07, 6.45) is 0. The third-order valence-electron chi connectivity index (χ3n) is 3.58. The number of hydrogen-bond donors (Lipinski definition) is 1. The van der Waals surface area contributed by atoms with E-state index < -0.39 is 5.97 Å². The second-order valence-corrected chi connectivity index (χ2v) is 4.55. The molecule has 1 N–H and O–H groups in total. The second-order valence-electron chi connectivity index (χ2n) is 4.55. The molecule has 0 amide bonds. The van der Waals surface area contributed by atoms with Gasteiger partial charge in [-0.25, -0.2) is 4.79 Å². The van der Waals surface area contributed by atoms with Crippen LogP contribution in [0, 0.1) is 0 Å². The predicted molar refractivity (Wildman–Crippen MR) is 72.9 cm³/mol. The highest BCUT2D eigenvalue weighted by molar-refractivity contribution is 6.11. The van der Waals surface area contributed by atoms with Crippen molar-refractivity contribution < 1.29 is 14.6 Å². The maximum absolute atomic E-state index is 11.2. The maximum atomic E-state index is 11.2. The van der Waals surface area contributed by atoms with Gasteiger partial charge < -0.3 is 19.0 Å². The first-order valence-electron chi connectivity index (χ1n) is 5.90. The Kier molecular flexibility index (Phi) is 2.32. The normalized spacial score (nSPS) is 11.3. The Balaban J connectivity index is 2.53. The van der Waals surface area contributed by atoms with Gasteiger partial charge in [-0.2, -0.15) is 0 Å². The number of aromatic nitrogens is 2. The van der Waals surface area contributed by atoms with E-state index in [1.54, 1.807) is 24.8 Å². The van der Waals surface area contributed by atoms with Crippen LogP contribution in [-0.2, 0) is 14.1 Å². The monoisotopic (exact) mass is 258 g/mol.